The number of hydrogen-bond donors (Lipinski definition) is 0. The Morgan fingerprint density at radius 3 is 2.39 bits per heavy atom. The van der Waals surface area contributed by atoms with Crippen molar-refractivity contribution >= 4 is 5.97 Å². The van der Waals surface area contributed by atoms with Crippen molar-refractivity contribution in [1.82, 2.24) is 0 Å². The standard InChI is InChI=1S/C22H28F3NO7/c1-20(19-31-12-7-13-32-19)11-6-10-17(16(20)14-26(28)29)33-18(27)21(30-2,22(23,24)25)15-8-4-3-5-9-15/h3-5,8-9,16-17,19H,6-7,10-14H2,1-2H3/t16-,17+,20+,21-/m1/s1. The van der Waals surface area contributed by atoms with Crippen LogP contribution in [0.4, 0.5) is 13.2 Å². The summed E-state index contributed by atoms with van der Waals surface area (Å²) in [4.78, 5) is 24.1. The summed E-state index contributed by atoms with van der Waals surface area (Å²) in [6.45, 7) is 1.95. The number of halogens is 3. The van der Waals surface area contributed by atoms with E-state index in [9.17, 15) is 28.1 Å². The van der Waals surface area contributed by atoms with E-state index < -0.39 is 58.5 Å². The van der Waals surface area contributed by atoms with Crippen LogP contribution >= 0.6 is 0 Å². The Balaban J connectivity index is 1.95. The van der Waals surface area contributed by atoms with E-state index in [2.05, 4.69) is 0 Å². The zero-order chi connectivity index (χ0) is 24.3. The fraction of sp³-hybridized carbons (Fsp3) is 0.682. The third-order valence-electron chi connectivity index (χ3n) is 6.64. The summed E-state index contributed by atoms with van der Waals surface area (Å²) in [5.74, 6) is -2.57. The molecular formula is C22H28F3NO7. The molecule has 1 aromatic carbocycles. The molecule has 0 bridgehead atoms. The quantitative estimate of drug-likeness (QED) is 0.336. The van der Waals surface area contributed by atoms with Crippen molar-refractivity contribution in [2.45, 2.75) is 56.8 Å². The number of hydrogen-bond acceptors (Lipinski definition) is 7. The first-order valence-corrected chi connectivity index (χ1v) is 10.8. The minimum Gasteiger partial charge on any atom is -0.459 e. The van der Waals surface area contributed by atoms with Gasteiger partial charge in [-0.1, -0.05) is 37.3 Å². The Labute approximate surface area is 189 Å². The van der Waals surface area contributed by atoms with Gasteiger partial charge in [-0.05, 0) is 25.7 Å². The second-order valence-corrected chi connectivity index (χ2v) is 8.64. The van der Waals surface area contributed by atoms with Crippen LogP contribution in [-0.2, 0) is 29.3 Å². The smallest absolute Gasteiger partial charge is 0.432 e. The van der Waals surface area contributed by atoms with Gasteiger partial charge in [0, 0.05) is 23.0 Å². The van der Waals surface area contributed by atoms with Gasteiger partial charge in [0.05, 0.1) is 19.1 Å². The highest BCUT2D eigenvalue weighted by atomic mass is 19.4. The summed E-state index contributed by atoms with van der Waals surface area (Å²) < 4.78 is 64.4. The molecule has 1 aliphatic heterocycles. The van der Waals surface area contributed by atoms with Gasteiger partial charge in [0.2, 0.25) is 6.54 Å². The highest BCUT2D eigenvalue weighted by Gasteiger charge is 2.65. The molecule has 0 amide bonds. The maximum Gasteiger partial charge on any atom is 0.432 e. The van der Waals surface area contributed by atoms with Gasteiger partial charge in [0.25, 0.3) is 5.60 Å². The van der Waals surface area contributed by atoms with Gasteiger partial charge in [0.1, 0.15) is 6.10 Å². The first-order valence-electron chi connectivity index (χ1n) is 10.8. The molecule has 8 nitrogen and oxygen atoms in total. The molecule has 0 radical (unpaired) electrons. The maximum atomic E-state index is 14.2. The van der Waals surface area contributed by atoms with Gasteiger partial charge >= 0.3 is 12.1 Å². The first-order chi connectivity index (χ1) is 15.6. The van der Waals surface area contributed by atoms with Crippen LogP contribution in [-0.4, -0.2) is 56.3 Å². The number of carbonyl (C=O) groups is 1. The summed E-state index contributed by atoms with van der Waals surface area (Å²) in [6, 6.07) is 6.47. The average Bonchev–Trinajstić information content (AvgIpc) is 2.77. The van der Waals surface area contributed by atoms with E-state index in [0.29, 0.717) is 32.5 Å². The first kappa shape index (κ1) is 25.4. The third-order valence-corrected chi connectivity index (χ3v) is 6.64. The summed E-state index contributed by atoms with van der Waals surface area (Å²) >= 11 is 0. The summed E-state index contributed by atoms with van der Waals surface area (Å²) in [5.41, 5.74) is -4.72. The monoisotopic (exact) mass is 475 g/mol. The predicted molar refractivity (Wildman–Crippen MR) is 109 cm³/mol. The van der Waals surface area contributed by atoms with Crippen LogP contribution in [0.1, 0.15) is 38.2 Å². The molecule has 4 atom stereocenters. The lowest BCUT2D eigenvalue weighted by Crippen LogP contribution is -2.57. The normalized spacial score (nSPS) is 28.6. The van der Waals surface area contributed by atoms with Crippen LogP contribution in [0.3, 0.4) is 0 Å². The number of methoxy groups -OCH3 is 1. The van der Waals surface area contributed by atoms with E-state index >= 15 is 0 Å². The zero-order valence-electron chi connectivity index (χ0n) is 18.5. The van der Waals surface area contributed by atoms with Gasteiger partial charge < -0.3 is 18.9 Å². The van der Waals surface area contributed by atoms with Crippen molar-refractivity contribution < 1.29 is 41.8 Å². The van der Waals surface area contributed by atoms with Crippen LogP contribution in [0.25, 0.3) is 0 Å². The lowest BCUT2D eigenvalue weighted by Gasteiger charge is -2.48. The van der Waals surface area contributed by atoms with Gasteiger partial charge in [-0.25, -0.2) is 4.79 Å². The topological polar surface area (TPSA) is 97.1 Å². The molecule has 2 fully saturated rings. The highest BCUT2D eigenvalue weighted by molar-refractivity contribution is 5.83. The molecule has 2 aliphatic rings. The van der Waals surface area contributed by atoms with Crippen LogP contribution < -0.4 is 0 Å². The number of alkyl halides is 3. The van der Waals surface area contributed by atoms with Gasteiger partial charge in [-0.3, -0.25) is 10.1 Å². The van der Waals surface area contributed by atoms with Crippen LogP contribution in [0, 0.1) is 21.4 Å². The van der Waals surface area contributed by atoms with E-state index in [1.807, 2.05) is 0 Å². The van der Waals surface area contributed by atoms with Crippen LogP contribution in [0.2, 0.25) is 0 Å². The van der Waals surface area contributed by atoms with Gasteiger partial charge in [-0.2, -0.15) is 13.2 Å². The fourth-order valence-electron chi connectivity index (χ4n) is 4.89. The molecule has 33 heavy (non-hydrogen) atoms. The second kappa shape index (κ2) is 9.94. The number of benzene rings is 1. The molecule has 1 aliphatic carbocycles. The molecule has 1 saturated heterocycles. The molecule has 0 unspecified atom stereocenters. The lowest BCUT2D eigenvalue weighted by molar-refractivity contribution is -0.498. The molecule has 11 heteroatoms. The Kier molecular flexibility index (Phi) is 7.65. The third kappa shape index (κ3) is 4.85. The lowest BCUT2D eigenvalue weighted by atomic mass is 9.65. The van der Waals surface area contributed by atoms with E-state index in [1.165, 1.54) is 18.2 Å². The number of nitro groups is 1. The van der Waals surface area contributed by atoms with Crippen molar-refractivity contribution in [3.8, 4) is 0 Å². The molecule has 184 valence electrons. The van der Waals surface area contributed by atoms with E-state index in [0.717, 1.165) is 19.2 Å². The molecule has 1 saturated carbocycles. The average molecular weight is 475 g/mol. The largest absolute Gasteiger partial charge is 0.459 e. The summed E-state index contributed by atoms with van der Waals surface area (Å²) in [7, 11) is 0.783. The summed E-state index contributed by atoms with van der Waals surface area (Å²) in [6.07, 6.45) is -5.24. The van der Waals surface area contributed by atoms with Gasteiger partial charge in [-0.15, -0.1) is 0 Å². The minimum atomic E-state index is -5.13. The Morgan fingerprint density at radius 1 is 1.21 bits per heavy atom. The van der Waals surface area contributed by atoms with E-state index in [1.54, 1.807) is 6.92 Å². The molecule has 1 aromatic rings. The molecular weight excluding hydrogens is 447 g/mol. The molecule has 0 aromatic heterocycles. The van der Waals surface area contributed by atoms with Crippen LogP contribution in [0.15, 0.2) is 30.3 Å². The Bertz CT molecular complexity index is 831. The molecule has 0 spiro atoms. The minimum absolute atomic E-state index is 0.180. The summed E-state index contributed by atoms with van der Waals surface area (Å²) in [5, 5.41) is 11.5. The SMILES string of the molecule is CO[C@@](C(=O)O[C@H]1CCC[C@](C)(C2OCCCO2)[C@@H]1C[N+](=O)[O-])(c1ccccc1)C(F)(F)F. The molecule has 1 heterocycles. The van der Waals surface area contributed by atoms with Crippen molar-refractivity contribution in [3.63, 3.8) is 0 Å². The van der Waals surface area contributed by atoms with Crippen LogP contribution in [0.5, 0.6) is 0 Å². The van der Waals surface area contributed by atoms with E-state index in [4.69, 9.17) is 18.9 Å². The van der Waals surface area contributed by atoms with E-state index in [-0.39, 0.29) is 6.42 Å². The molecule has 0 N–H and O–H groups in total. The van der Waals surface area contributed by atoms with Crippen molar-refractivity contribution in [3.05, 3.63) is 46.0 Å². The zero-order valence-corrected chi connectivity index (χ0v) is 18.5. The fourth-order valence-corrected chi connectivity index (χ4v) is 4.89. The second-order valence-electron chi connectivity index (χ2n) is 8.64. The Hall–Kier alpha value is -2.24. The number of rotatable bonds is 7. The predicted octanol–water partition coefficient (Wildman–Crippen LogP) is 3.85. The van der Waals surface area contributed by atoms with Crippen molar-refractivity contribution in [2.24, 2.45) is 11.3 Å². The van der Waals surface area contributed by atoms with Gasteiger partial charge in [0.15, 0.2) is 6.29 Å². The highest BCUT2D eigenvalue weighted by Crippen LogP contribution is 2.49. The number of carbonyl (C=O) groups excluding carboxylic acids is 1. The number of ether oxygens (including phenoxy) is 4. The maximum absolute atomic E-state index is 14.2. The molecule has 3 rings (SSSR count). The Morgan fingerprint density at radius 2 is 1.85 bits per heavy atom. The van der Waals surface area contributed by atoms with Crippen molar-refractivity contribution in [1.29, 1.82) is 0 Å². The number of esters is 1. The van der Waals surface area contributed by atoms with Crippen molar-refractivity contribution in [2.75, 3.05) is 26.9 Å². The number of nitrogens with zero attached hydrogens (tertiary/aromatic N) is 1.